The van der Waals surface area contributed by atoms with Gasteiger partial charge in [0.25, 0.3) is 5.91 Å². The van der Waals surface area contributed by atoms with Gasteiger partial charge in [-0.15, -0.1) is 0 Å². The van der Waals surface area contributed by atoms with Crippen LogP contribution < -0.4 is 10.4 Å². The van der Waals surface area contributed by atoms with E-state index in [4.69, 9.17) is 0 Å². The maximum atomic E-state index is 13.3. The number of rotatable bonds is 4. The smallest absolute Gasteiger partial charge is 0.277 e. The lowest BCUT2D eigenvalue weighted by Gasteiger charge is -2.45. The van der Waals surface area contributed by atoms with Crippen molar-refractivity contribution in [3.8, 4) is 5.75 Å². The summed E-state index contributed by atoms with van der Waals surface area (Å²) < 4.78 is 25.3. The van der Waals surface area contributed by atoms with E-state index in [1.807, 2.05) is 17.1 Å². The number of sulfone groups is 1. The highest BCUT2D eigenvalue weighted by atomic mass is 32.2. The van der Waals surface area contributed by atoms with Crippen molar-refractivity contribution in [2.75, 3.05) is 30.2 Å². The molecule has 178 valence electrons. The van der Waals surface area contributed by atoms with Gasteiger partial charge in [-0.2, -0.15) is 0 Å². The number of carbonyl (C=O) groups is 1. The molecule has 1 atom stereocenters. The molecule has 0 spiro atoms. The van der Waals surface area contributed by atoms with Crippen LogP contribution in [0.2, 0.25) is 0 Å². The van der Waals surface area contributed by atoms with E-state index in [1.165, 1.54) is 33.9 Å². The third-order valence-corrected chi connectivity index (χ3v) is 7.75. The highest BCUT2D eigenvalue weighted by Crippen LogP contribution is 2.42. The van der Waals surface area contributed by atoms with Crippen molar-refractivity contribution in [2.24, 2.45) is 0 Å². The summed E-state index contributed by atoms with van der Waals surface area (Å²) in [5.41, 5.74) is 4.05. The second-order valence-corrected chi connectivity index (χ2v) is 11.4. The fraction of sp³-hybridized carbons (Fsp3) is 0.360. The molecule has 34 heavy (non-hydrogen) atoms. The van der Waals surface area contributed by atoms with Gasteiger partial charge >= 0.3 is 0 Å². The molecule has 2 heterocycles. The number of fused-ring (bicyclic) bond motifs is 2. The first-order valence-electron chi connectivity index (χ1n) is 11.4. The monoisotopic (exact) mass is 481 g/mol. The van der Waals surface area contributed by atoms with E-state index < -0.39 is 26.9 Å². The Kier molecular flexibility index (Phi) is 5.59. The van der Waals surface area contributed by atoms with Gasteiger partial charge in [-0.1, -0.05) is 36.4 Å². The zero-order valence-corrected chi connectivity index (χ0v) is 19.8. The van der Waals surface area contributed by atoms with Gasteiger partial charge in [0.15, 0.2) is 11.4 Å². The third-order valence-electron chi connectivity index (χ3n) is 6.82. The van der Waals surface area contributed by atoms with Gasteiger partial charge in [-0.3, -0.25) is 19.3 Å². The molecule has 8 nitrogen and oxygen atoms in total. The van der Waals surface area contributed by atoms with Gasteiger partial charge in [-0.05, 0) is 48.0 Å². The molecule has 0 radical (unpaired) electrons. The number of aromatic nitrogens is 1. The molecule has 2 aliphatic carbocycles. The van der Waals surface area contributed by atoms with Crippen LogP contribution >= 0.6 is 0 Å². The zero-order chi connectivity index (χ0) is 24.0. The first-order valence-corrected chi connectivity index (χ1v) is 13.5. The summed E-state index contributed by atoms with van der Waals surface area (Å²) in [6, 6.07) is 9.25. The van der Waals surface area contributed by atoms with Crippen molar-refractivity contribution in [3.05, 3.63) is 86.9 Å². The highest BCUT2D eigenvalue weighted by Gasteiger charge is 2.39. The van der Waals surface area contributed by atoms with Gasteiger partial charge in [0.05, 0.1) is 11.8 Å². The average Bonchev–Trinajstić information content (AvgIpc) is 2.97. The largest absolute Gasteiger partial charge is 0.502 e. The second kappa shape index (κ2) is 8.47. The molecule has 5 rings (SSSR count). The number of nitrogens with zero attached hydrogens (tertiary/aromatic N) is 3. The summed E-state index contributed by atoms with van der Waals surface area (Å²) in [5, 5.41) is 12.6. The number of aryl methyl sites for hydroxylation is 1. The minimum absolute atomic E-state index is 0.0309. The van der Waals surface area contributed by atoms with Gasteiger partial charge in [0.1, 0.15) is 16.5 Å². The van der Waals surface area contributed by atoms with Crippen LogP contribution in [0.1, 0.15) is 46.9 Å². The van der Waals surface area contributed by atoms with Crippen LogP contribution in [0.4, 0.5) is 0 Å². The maximum Gasteiger partial charge on any atom is 0.277 e. The van der Waals surface area contributed by atoms with E-state index in [1.54, 1.807) is 4.68 Å². The summed E-state index contributed by atoms with van der Waals surface area (Å²) in [6.07, 6.45) is 10.6. The van der Waals surface area contributed by atoms with Crippen LogP contribution in [0.3, 0.4) is 0 Å². The number of hydrogen-bond donors (Lipinski definition) is 1. The van der Waals surface area contributed by atoms with Gasteiger partial charge < -0.3 is 10.0 Å². The van der Waals surface area contributed by atoms with Crippen LogP contribution in [0.15, 0.2) is 64.6 Å². The van der Waals surface area contributed by atoms with E-state index in [9.17, 15) is 23.1 Å². The molecule has 1 unspecified atom stereocenters. The van der Waals surface area contributed by atoms with E-state index in [2.05, 4.69) is 24.3 Å². The Bertz CT molecular complexity index is 1390. The molecule has 1 amide bonds. The van der Waals surface area contributed by atoms with Crippen LogP contribution in [0.25, 0.3) is 0 Å². The number of amides is 1. The number of pyridine rings is 1. The molecule has 0 bridgehead atoms. The molecule has 0 saturated carbocycles. The van der Waals surface area contributed by atoms with E-state index in [0.717, 1.165) is 37.5 Å². The summed E-state index contributed by atoms with van der Waals surface area (Å²) in [6.45, 7) is 0.0972. The predicted octanol–water partition coefficient (Wildman–Crippen LogP) is 2.28. The molecule has 2 aromatic rings. The van der Waals surface area contributed by atoms with Crippen molar-refractivity contribution < 1.29 is 18.3 Å². The van der Waals surface area contributed by atoms with Crippen molar-refractivity contribution in [2.45, 2.75) is 31.7 Å². The van der Waals surface area contributed by atoms with Crippen molar-refractivity contribution >= 4 is 15.7 Å². The molecule has 0 saturated heterocycles. The molecule has 3 aliphatic rings. The normalized spacial score (nSPS) is 20.0. The Morgan fingerprint density at radius 1 is 1.09 bits per heavy atom. The molecular formula is C25H27N3O5S. The number of benzene rings is 1. The number of aromatic hydroxyl groups is 1. The molecule has 9 heteroatoms. The fourth-order valence-corrected chi connectivity index (χ4v) is 5.71. The SMILES string of the molecule is CS(=O)(=O)CCN1CN(C2C3=C(C=CCC3)CCc3ccccc32)n2ccc(=O)c(O)c2C1=O. The Morgan fingerprint density at radius 2 is 1.88 bits per heavy atom. The lowest BCUT2D eigenvalue weighted by Crippen LogP contribution is -2.56. The van der Waals surface area contributed by atoms with E-state index in [-0.39, 0.29) is 30.7 Å². The van der Waals surface area contributed by atoms with E-state index in [0.29, 0.717) is 0 Å². The van der Waals surface area contributed by atoms with Crippen LogP contribution in [0.5, 0.6) is 5.75 Å². The van der Waals surface area contributed by atoms with Gasteiger partial charge in [0.2, 0.25) is 5.43 Å². The van der Waals surface area contributed by atoms with Crippen molar-refractivity contribution in [1.29, 1.82) is 0 Å². The van der Waals surface area contributed by atoms with Crippen LogP contribution in [-0.4, -0.2) is 54.2 Å². The number of carbonyl (C=O) groups excluding carboxylic acids is 1. The molecule has 1 N–H and O–H groups in total. The molecule has 1 aromatic heterocycles. The minimum Gasteiger partial charge on any atom is -0.502 e. The first kappa shape index (κ1) is 22.5. The Labute approximate surface area is 198 Å². The molecule has 1 aliphatic heterocycles. The van der Waals surface area contributed by atoms with Gasteiger partial charge in [-0.25, -0.2) is 8.42 Å². The standard InChI is InChI=1S/C25H27N3O5S/c1-34(32,33)15-14-26-16-28(27-13-12-21(29)24(30)23(27)25(26)31)22-19-8-4-2-6-17(19)10-11-18-7-3-5-9-20(18)22/h2-4,6-8,12-13,22,30H,5,9-11,14-16H2,1H3. The number of allylic oxidation sites excluding steroid dienone is 3. The Balaban J connectivity index is 1.70. The highest BCUT2D eigenvalue weighted by molar-refractivity contribution is 7.90. The predicted molar refractivity (Wildman–Crippen MR) is 129 cm³/mol. The van der Waals surface area contributed by atoms with Crippen molar-refractivity contribution in [1.82, 2.24) is 9.58 Å². The first-order chi connectivity index (χ1) is 16.2. The topological polar surface area (TPSA) is 99.9 Å². The third kappa shape index (κ3) is 3.94. The minimum atomic E-state index is -3.32. The quantitative estimate of drug-likeness (QED) is 0.719. The zero-order valence-electron chi connectivity index (χ0n) is 19.0. The van der Waals surface area contributed by atoms with E-state index >= 15 is 0 Å². The Morgan fingerprint density at radius 3 is 2.68 bits per heavy atom. The molecule has 0 fully saturated rings. The summed E-state index contributed by atoms with van der Waals surface area (Å²) in [7, 11) is -3.32. The lowest BCUT2D eigenvalue weighted by molar-refractivity contribution is 0.0690. The van der Waals surface area contributed by atoms with Crippen LogP contribution in [-0.2, 0) is 16.3 Å². The van der Waals surface area contributed by atoms with Crippen LogP contribution in [0, 0.1) is 0 Å². The van der Waals surface area contributed by atoms with Crippen molar-refractivity contribution in [3.63, 3.8) is 0 Å². The molecular weight excluding hydrogens is 454 g/mol. The summed E-state index contributed by atoms with van der Waals surface area (Å²) in [5.74, 6) is -1.39. The van der Waals surface area contributed by atoms with Gasteiger partial charge in [0, 0.05) is 25.1 Å². The molecule has 1 aromatic carbocycles. The summed E-state index contributed by atoms with van der Waals surface area (Å²) >= 11 is 0. The Hall–Kier alpha value is -3.33. The second-order valence-electron chi connectivity index (χ2n) is 9.09. The maximum absolute atomic E-state index is 13.3. The summed E-state index contributed by atoms with van der Waals surface area (Å²) in [4.78, 5) is 27.0. The lowest BCUT2D eigenvalue weighted by atomic mass is 9.88. The fourth-order valence-electron chi connectivity index (χ4n) is 5.16. The number of hydrogen-bond acceptors (Lipinski definition) is 6. The average molecular weight is 482 g/mol.